The Hall–Kier alpha value is -3.74. The number of pyridine rings is 1. The SMILES string of the molecule is Cc1cc(F)ncc1N1CC(C(=O)Nc2ccc(C3CCN(C(=O)c4ccccc4)CC3)cc2)C1. The highest BCUT2D eigenvalue weighted by molar-refractivity contribution is 5.95. The van der Waals surface area contributed by atoms with E-state index in [-0.39, 0.29) is 17.7 Å². The molecular formula is C28H29FN4O2. The molecule has 0 spiro atoms. The first kappa shape index (κ1) is 23.0. The largest absolute Gasteiger partial charge is 0.368 e. The Morgan fingerprint density at radius 2 is 1.69 bits per heavy atom. The van der Waals surface area contributed by atoms with Crippen LogP contribution in [0.3, 0.4) is 0 Å². The Labute approximate surface area is 204 Å². The second-order valence-corrected chi connectivity index (χ2v) is 9.44. The third-order valence-electron chi connectivity index (χ3n) is 7.10. The number of aryl methyl sites for hydroxylation is 1. The molecule has 0 bridgehead atoms. The zero-order valence-corrected chi connectivity index (χ0v) is 19.8. The number of rotatable bonds is 5. The number of anilines is 2. The number of nitrogens with one attached hydrogen (secondary N) is 1. The highest BCUT2D eigenvalue weighted by Crippen LogP contribution is 2.31. The van der Waals surface area contributed by atoms with E-state index in [9.17, 15) is 14.0 Å². The molecule has 2 aromatic carbocycles. The minimum Gasteiger partial charge on any atom is -0.368 e. The lowest BCUT2D eigenvalue weighted by molar-refractivity contribution is -0.120. The van der Waals surface area contributed by atoms with Crippen LogP contribution < -0.4 is 10.2 Å². The number of carbonyl (C=O) groups excluding carboxylic acids is 2. The van der Waals surface area contributed by atoms with E-state index < -0.39 is 5.95 Å². The van der Waals surface area contributed by atoms with Gasteiger partial charge in [0.1, 0.15) is 0 Å². The quantitative estimate of drug-likeness (QED) is 0.550. The summed E-state index contributed by atoms with van der Waals surface area (Å²) < 4.78 is 13.2. The monoisotopic (exact) mass is 472 g/mol. The first-order valence-corrected chi connectivity index (χ1v) is 12.1. The number of carbonyl (C=O) groups is 2. The molecule has 5 rings (SSSR count). The molecule has 3 aromatic rings. The van der Waals surface area contributed by atoms with E-state index in [1.54, 1.807) is 0 Å². The summed E-state index contributed by atoms with van der Waals surface area (Å²) in [5, 5.41) is 3.02. The second kappa shape index (κ2) is 9.86. The van der Waals surface area contributed by atoms with Crippen LogP contribution in [-0.2, 0) is 4.79 Å². The number of hydrogen-bond donors (Lipinski definition) is 1. The smallest absolute Gasteiger partial charge is 0.253 e. The molecule has 2 saturated heterocycles. The molecule has 3 heterocycles. The molecule has 0 unspecified atom stereocenters. The summed E-state index contributed by atoms with van der Waals surface area (Å²) >= 11 is 0. The van der Waals surface area contributed by atoms with Crippen molar-refractivity contribution >= 4 is 23.2 Å². The van der Waals surface area contributed by atoms with Crippen LogP contribution in [0.5, 0.6) is 0 Å². The van der Waals surface area contributed by atoms with Crippen molar-refractivity contribution in [3.63, 3.8) is 0 Å². The molecule has 0 atom stereocenters. The van der Waals surface area contributed by atoms with E-state index in [1.165, 1.54) is 17.8 Å². The second-order valence-electron chi connectivity index (χ2n) is 9.44. The van der Waals surface area contributed by atoms with E-state index in [0.717, 1.165) is 48.4 Å². The van der Waals surface area contributed by atoms with Gasteiger partial charge in [-0.2, -0.15) is 4.39 Å². The van der Waals surface area contributed by atoms with Gasteiger partial charge in [0.25, 0.3) is 5.91 Å². The standard InChI is InChI=1S/C28H29FN4O2/c1-19-15-26(29)30-16-25(19)33-17-23(18-33)27(34)31-24-9-7-20(8-10-24)21-11-13-32(14-12-21)28(35)22-5-3-2-4-6-22/h2-10,15-16,21,23H,11-14,17-18H2,1H3,(H,31,34). The number of benzene rings is 2. The summed E-state index contributed by atoms with van der Waals surface area (Å²) in [5.74, 6) is -0.0920. The van der Waals surface area contributed by atoms with Crippen molar-refractivity contribution in [2.45, 2.75) is 25.7 Å². The van der Waals surface area contributed by atoms with Crippen LogP contribution in [0.2, 0.25) is 0 Å². The van der Waals surface area contributed by atoms with Gasteiger partial charge in [0.2, 0.25) is 11.9 Å². The Morgan fingerprint density at radius 3 is 2.34 bits per heavy atom. The van der Waals surface area contributed by atoms with Crippen LogP contribution in [0, 0.1) is 18.8 Å². The van der Waals surface area contributed by atoms with Gasteiger partial charge in [-0.15, -0.1) is 0 Å². The van der Waals surface area contributed by atoms with Gasteiger partial charge in [0.15, 0.2) is 0 Å². The Kier molecular flexibility index (Phi) is 6.49. The number of amides is 2. The molecule has 2 fully saturated rings. The normalized spacial score (nSPS) is 16.6. The summed E-state index contributed by atoms with van der Waals surface area (Å²) in [7, 11) is 0. The van der Waals surface area contributed by atoms with Crippen molar-refractivity contribution in [2.75, 3.05) is 36.4 Å². The summed E-state index contributed by atoms with van der Waals surface area (Å²) in [6.07, 6.45) is 3.39. The summed E-state index contributed by atoms with van der Waals surface area (Å²) in [6.45, 7) is 4.53. The van der Waals surface area contributed by atoms with Crippen LogP contribution in [0.15, 0.2) is 66.9 Å². The topological polar surface area (TPSA) is 65.5 Å². The summed E-state index contributed by atoms with van der Waals surface area (Å²) in [5.41, 5.74) is 4.46. The molecule has 1 aromatic heterocycles. The predicted octanol–water partition coefficient (Wildman–Crippen LogP) is 4.62. The third-order valence-corrected chi connectivity index (χ3v) is 7.10. The molecule has 0 saturated carbocycles. The van der Waals surface area contributed by atoms with Crippen molar-refractivity contribution < 1.29 is 14.0 Å². The van der Waals surface area contributed by atoms with Gasteiger partial charge in [0.05, 0.1) is 17.8 Å². The minimum atomic E-state index is -0.490. The molecule has 2 amide bonds. The molecule has 1 N–H and O–H groups in total. The summed E-state index contributed by atoms with van der Waals surface area (Å²) in [4.78, 5) is 33.0. The van der Waals surface area contributed by atoms with Gasteiger partial charge in [-0.05, 0) is 67.1 Å². The molecule has 7 heteroatoms. The molecule has 0 radical (unpaired) electrons. The number of piperidine rings is 1. The highest BCUT2D eigenvalue weighted by Gasteiger charge is 2.33. The first-order valence-electron chi connectivity index (χ1n) is 12.1. The number of aromatic nitrogens is 1. The number of nitrogens with zero attached hydrogens (tertiary/aromatic N) is 3. The molecule has 2 aliphatic heterocycles. The molecule has 35 heavy (non-hydrogen) atoms. The number of hydrogen-bond acceptors (Lipinski definition) is 4. The van der Waals surface area contributed by atoms with Crippen LogP contribution >= 0.6 is 0 Å². The van der Waals surface area contributed by atoms with E-state index in [1.807, 2.05) is 59.2 Å². The maximum Gasteiger partial charge on any atom is 0.253 e. The third kappa shape index (κ3) is 5.04. The van der Waals surface area contributed by atoms with Crippen LogP contribution in [0.25, 0.3) is 0 Å². The van der Waals surface area contributed by atoms with Gasteiger partial charge in [0, 0.05) is 37.4 Å². The number of likely N-dealkylation sites (tertiary alicyclic amines) is 1. The lowest BCUT2D eigenvalue weighted by atomic mass is 9.89. The predicted molar refractivity (Wildman–Crippen MR) is 134 cm³/mol. The zero-order valence-electron chi connectivity index (χ0n) is 19.8. The van der Waals surface area contributed by atoms with Gasteiger partial charge >= 0.3 is 0 Å². The van der Waals surface area contributed by atoms with Crippen molar-refractivity contribution in [3.8, 4) is 0 Å². The van der Waals surface area contributed by atoms with E-state index >= 15 is 0 Å². The Balaban J connectivity index is 1.10. The van der Waals surface area contributed by atoms with Crippen molar-refractivity contribution in [2.24, 2.45) is 5.92 Å². The fraction of sp³-hybridized carbons (Fsp3) is 0.321. The fourth-order valence-electron chi connectivity index (χ4n) is 4.95. The van der Waals surface area contributed by atoms with Crippen molar-refractivity contribution in [1.82, 2.24) is 9.88 Å². The maximum absolute atomic E-state index is 13.2. The van der Waals surface area contributed by atoms with Crippen molar-refractivity contribution in [1.29, 1.82) is 0 Å². The zero-order chi connectivity index (χ0) is 24.4. The maximum atomic E-state index is 13.2. The van der Waals surface area contributed by atoms with Crippen LogP contribution in [0.4, 0.5) is 15.8 Å². The molecule has 180 valence electrons. The van der Waals surface area contributed by atoms with Crippen LogP contribution in [0.1, 0.15) is 40.2 Å². The van der Waals surface area contributed by atoms with Crippen molar-refractivity contribution in [3.05, 3.63) is 89.5 Å². The Bertz CT molecular complexity index is 1200. The van der Waals surface area contributed by atoms with Gasteiger partial charge < -0.3 is 15.1 Å². The fourth-order valence-corrected chi connectivity index (χ4v) is 4.95. The van der Waals surface area contributed by atoms with E-state index in [0.29, 0.717) is 19.0 Å². The first-order chi connectivity index (χ1) is 17.0. The summed E-state index contributed by atoms with van der Waals surface area (Å²) in [6, 6.07) is 18.9. The average molecular weight is 473 g/mol. The average Bonchev–Trinajstić information content (AvgIpc) is 2.85. The molecule has 2 aliphatic rings. The molecule has 6 nitrogen and oxygen atoms in total. The van der Waals surface area contributed by atoms with Gasteiger partial charge in [-0.25, -0.2) is 4.98 Å². The van der Waals surface area contributed by atoms with Gasteiger partial charge in [-0.1, -0.05) is 30.3 Å². The minimum absolute atomic E-state index is 0.00513. The number of halogens is 1. The van der Waals surface area contributed by atoms with Crippen LogP contribution in [-0.4, -0.2) is 47.9 Å². The van der Waals surface area contributed by atoms with E-state index in [4.69, 9.17) is 0 Å². The van der Waals surface area contributed by atoms with E-state index in [2.05, 4.69) is 22.4 Å². The Morgan fingerprint density at radius 1 is 1.00 bits per heavy atom. The molecule has 0 aliphatic carbocycles. The highest BCUT2D eigenvalue weighted by atomic mass is 19.1. The lowest BCUT2D eigenvalue weighted by Gasteiger charge is -2.40. The molecular weight excluding hydrogens is 443 g/mol. The lowest BCUT2D eigenvalue weighted by Crippen LogP contribution is -2.52. The van der Waals surface area contributed by atoms with Gasteiger partial charge in [-0.3, -0.25) is 9.59 Å².